The summed E-state index contributed by atoms with van der Waals surface area (Å²) in [7, 11) is 0. The summed E-state index contributed by atoms with van der Waals surface area (Å²) in [5.41, 5.74) is 2.38. The minimum atomic E-state index is -0.291. The molecule has 2 N–H and O–H groups in total. The number of aromatic nitrogens is 1. The van der Waals surface area contributed by atoms with Crippen LogP contribution in [0.15, 0.2) is 72.9 Å². The Labute approximate surface area is 189 Å². The van der Waals surface area contributed by atoms with Crippen LogP contribution in [0.5, 0.6) is 0 Å². The minimum absolute atomic E-state index is 0.214. The highest BCUT2D eigenvalue weighted by molar-refractivity contribution is 5.89. The van der Waals surface area contributed by atoms with Crippen LogP contribution in [0, 0.1) is 12.7 Å². The maximum atomic E-state index is 14.2. The number of pyridine rings is 1. The van der Waals surface area contributed by atoms with Crippen molar-refractivity contribution in [1.29, 1.82) is 0 Å². The van der Waals surface area contributed by atoms with Crippen LogP contribution in [0.25, 0.3) is 0 Å². The van der Waals surface area contributed by atoms with Crippen LogP contribution in [0.3, 0.4) is 0 Å². The Bertz CT molecular complexity index is 963. The minimum Gasteiger partial charge on any atom is -0.370 e. The molecule has 168 valence electrons. The van der Waals surface area contributed by atoms with Crippen molar-refractivity contribution in [1.82, 2.24) is 9.88 Å². The topological polar surface area (TPSA) is 57.3 Å². The van der Waals surface area contributed by atoms with Gasteiger partial charge in [-0.15, -0.1) is 0 Å². The molecule has 0 aliphatic rings. The first-order valence-electron chi connectivity index (χ1n) is 11.1. The van der Waals surface area contributed by atoms with Gasteiger partial charge in [-0.1, -0.05) is 54.8 Å². The number of carbonyl (C=O) groups is 1. The molecule has 0 fully saturated rings. The predicted molar refractivity (Wildman–Crippen MR) is 128 cm³/mol. The van der Waals surface area contributed by atoms with Gasteiger partial charge in [-0.3, -0.25) is 0 Å². The van der Waals surface area contributed by atoms with Gasteiger partial charge in [0.05, 0.1) is 6.54 Å². The number of carbonyl (C=O) groups excluding carboxylic acids is 1. The van der Waals surface area contributed by atoms with Gasteiger partial charge in [0.2, 0.25) is 0 Å². The standard InChI is InChI=1S/C26H31FN4O/c1-21-13-15-23(16-14-21)30-26(32)31(20-22-10-4-5-11-24(22)27)19-9-3-2-7-17-28-25-12-6-8-18-29-25/h4-6,8,10-16,18H,2-3,7,9,17,19-20H2,1H3,(H,28,29)(H,30,32). The summed E-state index contributed by atoms with van der Waals surface area (Å²) in [6, 6.07) is 19.9. The van der Waals surface area contributed by atoms with Crippen molar-refractivity contribution in [2.24, 2.45) is 0 Å². The van der Waals surface area contributed by atoms with Crippen molar-refractivity contribution >= 4 is 17.5 Å². The first-order chi connectivity index (χ1) is 15.6. The molecule has 1 aromatic heterocycles. The lowest BCUT2D eigenvalue weighted by atomic mass is 10.1. The molecule has 6 heteroatoms. The van der Waals surface area contributed by atoms with Crippen molar-refractivity contribution in [3.63, 3.8) is 0 Å². The number of urea groups is 1. The Morgan fingerprint density at radius 2 is 1.69 bits per heavy atom. The molecule has 0 bridgehead atoms. The fourth-order valence-corrected chi connectivity index (χ4v) is 3.39. The fourth-order valence-electron chi connectivity index (χ4n) is 3.39. The number of nitrogens with one attached hydrogen (secondary N) is 2. The maximum absolute atomic E-state index is 14.2. The van der Waals surface area contributed by atoms with Crippen LogP contribution in [0.2, 0.25) is 0 Å². The molecule has 5 nitrogen and oxygen atoms in total. The van der Waals surface area contributed by atoms with Gasteiger partial charge in [0, 0.05) is 30.5 Å². The average Bonchev–Trinajstić information content (AvgIpc) is 2.81. The molecule has 3 rings (SSSR count). The van der Waals surface area contributed by atoms with Gasteiger partial charge in [-0.2, -0.15) is 0 Å². The number of hydrogen-bond donors (Lipinski definition) is 2. The zero-order chi connectivity index (χ0) is 22.6. The predicted octanol–water partition coefficient (Wildman–Crippen LogP) is 6.24. The van der Waals surface area contributed by atoms with E-state index in [1.54, 1.807) is 29.3 Å². The second-order valence-corrected chi connectivity index (χ2v) is 7.87. The number of unbranched alkanes of at least 4 members (excludes halogenated alkanes) is 3. The first kappa shape index (κ1) is 23.3. The Hall–Kier alpha value is -3.41. The lowest BCUT2D eigenvalue weighted by molar-refractivity contribution is 0.207. The van der Waals surface area contributed by atoms with Crippen LogP contribution >= 0.6 is 0 Å². The number of halogens is 1. The van der Waals surface area contributed by atoms with E-state index < -0.39 is 0 Å². The number of hydrogen-bond acceptors (Lipinski definition) is 3. The number of amides is 2. The van der Waals surface area contributed by atoms with Crippen molar-refractivity contribution in [2.45, 2.75) is 39.2 Å². The quantitative estimate of drug-likeness (QED) is 0.352. The van der Waals surface area contributed by atoms with Crippen LogP contribution in [0.1, 0.15) is 36.8 Å². The fraction of sp³-hybridized carbons (Fsp3) is 0.308. The van der Waals surface area contributed by atoms with Gasteiger partial charge in [0.1, 0.15) is 11.6 Å². The second-order valence-electron chi connectivity index (χ2n) is 7.87. The summed E-state index contributed by atoms with van der Waals surface area (Å²) < 4.78 is 14.2. The Morgan fingerprint density at radius 3 is 2.44 bits per heavy atom. The van der Waals surface area contributed by atoms with E-state index in [-0.39, 0.29) is 18.4 Å². The van der Waals surface area contributed by atoms with E-state index in [0.717, 1.165) is 49.3 Å². The summed E-state index contributed by atoms with van der Waals surface area (Å²) in [5.74, 6) is 0.595. The molecule has 1 heterocycles. The molecule has 0 spiro atoms. The van der Waals surface area contributed by atoms with E-state index in [4.69, 9.17) is 0 Å². The van der Waals surface area contributed by atoms with Gasteiger partial charge in [0.15, 0.2) is 0 Å². The van der Waals surface area contributed by atoms with Crippen LogP contribution in [-0.4, -0.2) is 29.0 Å². The van der Waals surface area contributed by atoms with Gasteiger partial charge in [-0.05, 0) is 50.1 Å². The van der Waals surface area contributed by atoms with Gasteiger partial charge in [-0.25, -0.2) is 14.2 Å². The van der Waals surface area contributed by atoms with Crippen LogP contribution in [0.4, 0.5) is 20.7 Å². The van der Waals surface area contributed by atoms with E-state index in [2.05, 4.69) is 15.6 Å². The van der Waals surface area contributed by atoms with Crippen molar-refractivity contribution in [3.8, 4) is 0 Å². The number of rotatable bonds is 11. The van der Waals surface area contributed by atoms with E-state index in [0.29, 0.717) is 12.1 Å². The zero-order valence-electron chi connectivity index (χ0n) is 18.6. The third kappa shape index (κ3) is 7.69. The summed E-state index contributed by atoms with van der Waals surface area (Å²) in [5, 5.41) is 6.24. The number of anilines is 2. The molecule has 2 amide bonds. The third-order valence-corrected chi connectivity index (χ3v) is 5.23. The molecular formula is C26H31FN4O. The Balaban J connectivity index is 1.48. The first-order valence-corrected chi connectivity index (χ1v) is 11.1. The van der Waals surface area contributed by atoms with Crippen molar-refractivity contribution < 1.29 is 9.18 Å². The second kappa shape index (κ2) is 12.4. The molecule has 0 aliphatic heterocycles. The largest absolute Gasteiger partial charge is 0.370 e. The van der Waals surface area contributed by atoms with Gasteiger partial charge in [0.25, 0.3) is 0 Å². The maximum Gasteiger partial charge on any atom is 0.322 e. The third-order valence-electron chi connectivity index (χ3n) is 5.23. The summed E-state index contributed by atoms with van der Waals surface area (Å²) in [6.45, 7) is 3.68. The van der Waals surface area contributed by atoms with Gasteiger partial charge >= 0.3 is 6.03 Å². The normalized spacial score (nSPS) is 10.6. The zero-order valence-corrected chi connectivity index (χ0v) is 18.6. The van der Waals surface area contributed by atoms with Crippen LogP contribution in [-0.2, 0) is 6.54 Å². The molecule has 0 atom stereocenters. The van der Waals surface area contributed by atoms with Crippen molar-refractivity contribution in [2.75, 3.05) is 23.7 Å². The average molecular weight is 435 g/mol. The lowest BCUT2D eigenvalue weighted by Crippen LogP contribution is -2.35. The summed E-state index contributed by atoms with van der Waals surface area (Å²) in [4.78, 5) is 18.8. The Morgan fingerprint density at radius 1 is 0.938 bits per heavy atom. The molecule has 0 radical (unpaired) electrons. The lowest BCUT2D eigenvalue weighted by Gasteiger charge is -2.23. The van der Waals surface area contributed by atoms with Crippen molar-refractivity contribution in [3.05, 3.63) is 89.9 Å². The smallest absolute Gasteiger partial charge is 0.322 e. The molecular weight excluding hydrogens is 403 g/mol. The van der Waals surface area contributed by atoms with E-state index in [1.165, 1.54) is 6.07 Å². The highest BCUT2D eigenvalue weighted by atomic mass is 19.1. The number of nitrogens with zero attached hydrogens (tertiary/aromatic N) is 2. The molecule has 0 saturated heterocycles. The Kier molecular flexibility index (Phi) is 9.05. The van der Waals surface area contributed by atoms with Crippen LogP contribution < -0.4 is 10.6 Å². The summed E-state index contributed by atoms with van der Waals surface area (Å²) >= 11 is 0. The van der Waals surface area contributed by atoms with E-state index in [9.17, 15) is 9.18 Å². The highest BCUT2D eigenvalue weighted by Crippen LogP contribution is 2.15. The van der Waals surface area contributed by atoms with Gasteiger partial charge < -0.3 is 15.5 Å². The monoisotopic (exact) mass is 434 g/mol. The molecule has 0 unspecified atom stereocenters. The molecule has 0 aliphatic carbocycles. The molecule has 32 heavy (non-hydrogen) atoms. The number of benzene rings is 2. The highest BCUT2D eigenvalue weighted by Gasteiger charge is 2.16. The molecule has 2 aromatic carbocycles. The van der Waals surface area contributed by atoms with E-state index in [1.807, 2.05) is 49.4 Å². The molecule has 0 saturated carbocycles. The summed E-state index contributed by atoms with van der Waals surface area (Å²) in [6.07, 6.45) is 5.70. The SMILES string of the molecule is Cc1ccc(NC(=O)N(CCCCCCNc2ccccn2)Cc2ccccc2F)cc1. The molecule has 3 aromatic rings. The number of aryl methyl sites for hydroxylation is 1. The van der Waals surface area contributed by atoms with E-state index >= 15 is 0 Å².